The third-order valence-corrected chi connectivity index (χ3v) is 4.76. The minimum absolute atomic E-state index is 0.475. The lowest BCUT2D eigenvalue weighted by molar-refractivity contribution is 0.784. The van der Waals surface area contributed by atoms with Crippen LogP contribution in [0.3, 0.4) is 0 Å². The first-order valence-corrected chi connectivity index (χ1v) is 8.71. The summed E-state index contributed by atoms with van der Waals surface area (Å²) < 4.78 is 2.16. The molecule has 4 aromatic rings. The summed E-state index contributed by atoms with van der Waals surface area (Å²) in [5.74, 6) is 7.94. The zero-order valence-corrected chi connectivity index (χ0v) is 14.1. The monoisotopic (exact) mass is 332 g/mol. The van der Waals surface area contributed by atoms with Crippen molar-refractivity contribution in [2.45, 2.75) is 19.9 Å². The highest BCUT2D eigenvalue weighted by atomic mass is 32.1. The maximum absolute atomic E-state index is 6.14. The normalized spacial score (nSPS) is 10.9. The lowest BCUT2D eigenvalue weighted by Gasteiger charge is -2.06. The molecule has 24 heavy (non-hydrogen) atoms. The molecule has 0 spiro atoms. The number of aromatic nitrogens is 3. The van der Waals surface area contributed by atoms with Crippen LogP contribution < -0.4 is 5.73 Å². The zero-order valence-electron chi connectivity index (χ0n) is 13.3. The molecule has 3 aromatic heterocycles. The number of thiophene rings is 1. The number of fused-ring (bicyclic) bond motifs is 3. The Morgan fingerprint density at radius 3 is 2.83 bits per heavy atom. The van der Waals surface area contributed by atoms with Crippen LogP contribution in [0.25, 0.3) is 21.9 Å². The van der Waals surface area contributed by atoms with Gasteiger partial charge in [-0.2, -0.15) is 0 Å². The minimum Gasteiger partial charge on any atom is -0.382 e. The quantitative estimate of drug-likeness (QED) is 0.567. The standard InChI is InChI=1S/C19H16N4S/c1-2-16-22-17-18(14-9-3-4-10-15(14)21-19(17)20)23(16)11-5-7-13-8-6-12-24-13/h3-4,6,8-10,12H,2,11H2,1H3,(H2,20,21). The van der Waals surface area contributed by atoms with Crippen LogP contribution >= 0.6 is 11.3 Å². The highest BCUT2D eigenvalue weighted by molar-refractivity contribution is 7.10. The second-order valence-corrected chi connectivity index (χ2v) is 6.41. The molecule has 0 aliphatic rings. The predicted octanol–water partition coefficient (Wildman–Crippen LogP) is 3.84. The van der Waals surface area contributed by atoms with E-state index < -0.39 is 0 Å². The third-order valence-electron chi connectivity index (χ3n) is 3.98. The Kier molecular flexibility index (Phi) is 3.68. The number of imidazole rings is 1. The number of anilines is 1. The molecule has 0 unspecified atom stereocenters. The summed E-state index contributed by atoms with van der Waals surface area (Å²) in [7, 11) is 0. The lowest BCUT2D eigenvalue weighted by atomic mass is 10.2. The Balaban J connectivity index is 1.92. The summed E-state index contributed by atoms with van der Waals surface area (Å²) in [4.78, 5) is 10.3. The molecular weight excluding hydrogens is 316 g/mol. The fraction of sp³-hybridized carbons (Fsp3) is 0.158. The van der Waals surface area contributed by atoms with Crippen LogP contribution in [0.15, 0.2) is 41.8 Å². The van der Waals surface area contributed by atoms with E-state index in [0.717, 1.165) is 39.1 Å². The molecule has 0 saturated carbocycles. The van der Waals surface area contributed by atoms with Crippen molar-refractivity contribution < 1.29 is 0 Å². The molecule has 0 amide bonds. The van der Waals surface area contributed by atoms with Gasteiger partial charge in [0.15, 0.2) is 5.82 Å². The summed E-state index contributed by atoms with van der Waals surface area (Å²) in [5.41, 5.74) is 8.82. The van der Waals surface area contributed by atoms with Gasteiger partial charge in [0.05, 0.1) is 22.5 Å². The van der Waals surface area contributed by atoms with Gasteiger partial charge in [0.1, 0.15) is 11.3 Å². The van der Waals surface area contributed by atoms with E-state index in [9.17, 15) is 0 Å². The number of aryl methyl sites for hydroxylation is 1. The van der Waals surface area contributed by atoms with E-state index >= 15 is 0 Å². The molecule has 118 valence electrons. The summed E-state index contributed by atoms with van der Waals surface area (Å²) in [6, 6.07) is 12.1. The van der Waals surface area contributed by atoms with E-state index in [1.807, 2.05) is 35.7 Å². The molecule has 2 N–H and O–H groups in total. The molecule has 0 atom stereocenters. The molecule has 0 aliphatic heterocycles. The largest absolute Gasteiger partial charge is 0.382 e. The molecule has 4 nitrogen and oxygen atoms in total. The fourth-order valence-corrected chi connectivity index (χ4v) is 3.49. The molecule has 0 bridgehead atoms. The van der Waals surface area contributed by atoms with Gasteiger partial charge in [0.2, 0.25) is 0 Å². The lowest BCUT2D eigenvalue weighted by Crippen LogP contribution is -2.02. The average Bonchev–Trinajstić information content (AvgIpc) is 3.23. The van der Waals surface area contributed by atoms with Gasteiger partial charge in [0.25, 0.3) is 0 Å². The third kappa shape index (κ3) is 2.41. The van der Waals surface area contributed by atoms with Gasteiger partial charge >= 0.3 is 0 Å². The van der Waals surface area contributed by atoms with Crippen molar-refractivity contribution in [1.82, 2.24) is 14.5 Å². The summed E-state index contributed by atoms with van der Waals surface area (Å²) >= 11 is 1.65. The number of rotatable bonds is 2. The highest BCUT2D eigenvalue weighted by Gasteiger charge is 2.15. The average molecular weight is 332 g/mol. The molecule has 0 aliphatic carbocycles. The maximum atomic E-state index is 6.14. The topological polar surface area (TPSA) is 56.7 Å². The van der Waals surface area contributed by atoms with Gasteiger partial charge in [-0.1, -0.05) is 43.0 Å². The van der Waals surface area contributed by atoms with Gasteiger partial charge in [-0.25, -0.2) is 9.97 Å². The van der Waals surface area contributed by atoms with Crippen molar-refractivity contribution in [3.63, 3.8) is 0 Å². The van der Waals surface area contributed by atoms with E-state index in [1.165, 1.54) is 0 Å². The van der Waals surface area contributed by atoms with Gasteiger partial charge in [-0.15, -0.1) is 11.3 Å². The molecular formula is C19H16N4S. The molecule has 0 radical (unpaired) electrons. The number of nitrogens with zero attached hydrogens (tertiary/aromatic N) is 3. The van der Waals surface area contributed by atoms with E-state index in [0.29, 0.717) is 12.4 Å². The Bertz CT molecular complexity index is 1080. The highest BCUT2D eigenvalue weighted by Crippen LogP contribution is 2.28. The summed E-state index contributed by atoms with van der Waals surface area (Å²) in [5, 5.41) is 3.10. The van der Waals surface area contributed by atoms with Crippen molar-refractivity contribution in [2.75, 3.05) is 5.73 Å². The van der Waals surface area contributed by atoms with Crippen LogP contribution in [-0.4, -0.2) is 14.5 Å². The summed E-state index contributed by atoms with van der Waals surface area (Å²) in [6.07, 6.45) is 0.823. The van der Waals surface area contributed by atoms with Crippen LogP contribution in [0.2, 0.25) is 0 Å². The van der Waals surface area contributed by atoms with Crippen molar-refractivity contribution in [3.05, 3.63) is 52.5 Å². The van der Waals surface area contributed by atoms with Crippen LogP contribution in [0.4, 0.5) is 5.82 Å². The van der Waals surface area contributed by atoms with Crippen molar-refractivity contribution in [3.8, 4) is 11.8 Å². The van der Waals surface area contributed by atoms with Gasteiger partial charge in [-0.3, -0.25) is 0 Å². The van der Waals surface area contributed by atoms with Gasteiger partial charge in [0, 0.05) is 11.8 Å². The first-order valence-electron chi connectivity index (χ1n) is 7.83. The van der Waals surface area contributed by atoms with Crippen molar-refractivity contribution >= 4 is 39.1 Å². The van der Waals surface area contributed by atoms with Crippen LogP contribution in [0.5, 0.6) is 0 Å². The first kappa shape index (κ1) is 14.7. The van der Waals surface area contributed by atoms with Crippen molar-refractivity contribution in [2.24, 2.45) is 0 Å². The number of hydrogen-bond acceptors (Lipinski definition) is 4. The molecule has 1 aromatic carbocycles. The van der Waals surface area contributed by atoms with Gasteiger partial charge < -0.3 is 10.3 Å². The maximum Gasteiger partial charge on any atom is 0.152 e. The van der Waals surface area contributed by atoms with E-state index in [2.05, 4.69) is 34.4 Å². The molecule has 0 fully saturated rings. The smallest absolute Gasteiger partial charge is 0.152 e. The molecule has 5 heteroatoms. The van der Waals surface area contributed by atoms with E-state index in [-0.39, 0.29) is 0 Å². The van der Waals surface area contributed by atoms with Crippen LogP contribution in [0, 0.1) is 11.8 Å². The number of para-hydroxylation sites is 1. The Hall–Kier alpha value is -2.84. The number of benzene rings is 1. The van der Waals surface area contributed by atoms with Crippen LogP contribution in [0.1, 0.15) is 17.6 Å². The second-order valence-electron chi connectivity index (χ2n) is 5.46. The molecule has 4 rings (SSSR count). The SMILES string of the molecule is CCc1nc2c(N)nc3ccccc3c2n1CC#Cc1cccs1. The van der Waals surface area contributed by atoms with Gasteiger partial charge in [-0.05, 0) is 17.5 Å². The minimum atomic E-state index is 0.475. The predicted molar refractivity (Wildman–Crippen MR) is 100 cm³/mol. The van der Waals surface area contributed by atoms with Crippen molar-refractivity contribution in [1.29, 1.82) is 0 Å². The molecule has 0 saturated heterocycles. The van der Waals surface area contributed by atoms with E-state index in [1.54, 1.807) is 11.3 Å². The number of nitrogens with two attached hydrogens (primary N) is 1. The first-order chi connectivity index (χ1) is 11.8. The second kappa shape index (κ2) is 5.99. The fourth-order valence-electron chi connectivity index (χ4n) is 2.90. The number of pyridine rings is 1. The Labute approximate surface area is 144 Å². The zero-order chi connectivity index (χ0) is 16.5. The Morgan fingerprint density at radius 2 is 2.04 bits per heavy atom. The number of nitrogen functional groups attached to an aromatic ring is 1. The Morgan fingerprint density at radius 1 is 1.17 bits per heavy atom. The van der Waals surface area contributed by atoms with E-state index in [4.69, 9.17) is 10.7 Å². The number of hydrogen-bond donors (Lipinski definition) is 1. The summed E-state index contributed by atoms with van der Waals surface area (Å²) in [6.45, 7) is 2.68. The molecule has 3 heterocycles. The van der Waals surface area contributed by atoms with Crippen LogP contribution in [-0.2, 0) is 13.0 Å².